The van der Waals surface area contributed by atoms with Gasteiger partial charge in [0.15, 0.2) is 5.76 Å². The molecular weight excluding hydrogens is 474 g/mol. The molecule has 1 atom stereocenters. The van der Waals surface area contributed by atoms with Gasteiger partial charge in [-0.2, -0.15) is 0 Å². The van der Waals surface area contributed by atoms with E-state index in [4.69, 9.17) is 25.5 Å². The molecule has 2 aromatic heterocycles. The van der Waals surface area contributed by atoms with Gasteiger partial charge in [0.25, 0.3) is 5.91 Å². The highest BCUT2D eigenvalue weighted by atomic mass is 35.5. The van der Waals surface area contributed by atoms with Crippen LogP contribution in [0.2, 0.25) is 5.02 Å². The van der Waals surface area contributed by atoms with Crippen LogP contribution in [-0.2, 0) is 11.3 Å². The van der Waals surface area contributed by atoms with Crippen LogP contribution in [-0.4, -0.2) is 19.0 Å². The Bertz CT molecular complexity index is 1320. The number of ether oxygens (including phenoxy) is 2. The number of esters is 1. The minimum Gasteiger partial charge on any atom is -0.486 e. The van der Waals surface area contributed by atoms with Crippen LogP contribution in [0.1, 0.15) is 57.7 Å². The first-order chi connectivity index (χ1) is 16.4. The lowest BCUT2D eigenvalue weighted by molar-refractivity contribution is 0.0606. The largest absolute Gasteiger partial charge is 0.486 e. The van der Waals surface area contributed by atoms with Gasteiger partial charge in [0, 0.05) is 15.8 Å². The fourth-order valence-electron chi connectivity index (χ4n) is 3.42. The van der Waals surface area contributed by atoms with E-state index >= 15 is 0 Å². The standard InChI is InChI=1S/C26H24ClNO5S/c1-4-15(2)16-5-8-18(9-6-16)32-14-19-10-12-21(33-19)25(29)28-17-7-11-20-22(13-17)34-24(23(20)27)26(30)31-3/h5-13,15H,4,14H2,1-3H3,(H,28,29). The number of thiophene rings is 1. The number of nitrogens with one attached hydrogen (secondary N) is 1. The van der Waals surface area contributed by atoms with Crippen molar-refractivity contribution in [3.63, 3.8) is 0 Å². The smallest absolute Gasteiger partial charge is 0.349 e. The van der Waals surface area contributed by atoms with Crippen LogP contribution in [0.15, 0.2) is 59.0 Å². The first-order valence-corrected chi connectivity index (χ1v) is 12.0. The van der Waals surface area contributed by atoms with E-state index in [1.807, 2.05) is 12.1 Å². The van der Waals surface area contributed by atoms with Crippen molar-refractivity contribution < 1.29 is 23.5 Å². The second-order valence-corrected chi connectivity index (χ2v) is 9.26. The molecule has 0 aliphatic rings. The van der Waals surface area contributed by atoms with E-state index < -0.39 is 5.97 Å². The number of furan rings is 1. The van der Waals surface area contributed by atoms with Gasteiger partial charge in [-0.1, -0.05) is 37.6 Å². The molecule has 0 saturated carbocycles. The molecule has 0 fully saturated rings. The van der Waals surface area contributed by atoms with Crippen molar-refractivity contribution in [1.82, 2.24) is 0 Å². The van der Waals surface area contributed by atoms with E-state index in [0.29, 0.717) is 27.3 Å². The predicted molar refractivity (Wildman–Crippen MR) is 134 cm³/mol. The minimum absolute atomic E-state index is 0.172. The zero-order valence-electron chi connectivity index (χ0n) is 19.0. The summed E-state index contributed by atoms with van der Waals surface area (Å²) in [6.07, 6.45) is 1.08. The molecule has 2 aromatic carbocycles. The lowest BCUT2D eigenvalue weighted by atomic mass is 9.99. The zero-order chi connectivity index (χ0) is 24.2. The van der Waals surface area contributed by atoms with Gasteiger partial charge in [-0.3, -0.25) is 4.79 Å². The fourth-order valence-corrected chi connectivity index (χ4v) is 4.89. The molecule has 4 rings (SSSR count). The number of hydrogen-bond donors (Lipinski definition) is 1. The van der Waals surface area contributed by atoms with Crippen LogP contribution >= 0.6 is 22.9 Å². The van der Waals surface area contributed by atoms with Crippen molar-refractivity contribution in [2.75, 3.05) is 12.4 Å². The number of anilines is 1. The first-order valence-electron chi connectivity index (χ1n) is 10.8. The lowest BCUT2D eigenvalue weighted by Crippen LogP contribution is -2.10. The van der Waals surface area contributed by atoms with Crippen molar-refractivity contribution in [3.05, 3.63) is 81.6 Å². The quantitative estimate of drug-likeness (QED) is 0.259. The summed E-state index contributed by atoms with van der Waals surface area (Å²) in [6, 6.07) is 16.6. The molecule has 0 bridgehead atoms. The third-order valence-electron chi connectivity index (χ3n) is 5.59. The number of carbonyl (C=O) groups excluding carboxylic acids is 2. The third-order valence-corrected chi connectivity index (χ3v) is 7.22. The number of benzene rings is 2. The summed E-state index contributed by atoms with van der Waals surface area (Å²) in [5.74, 6) is 1.08. The van der Waals surface area contributed by atoms with E-state index in [1.54, 1.807) is 30.3 Å². The van der Waals surface area contributed by atoms with E-state index in [-0.39, 0.29) is 18.3 Å². The molecule has 0 aliphatic carbocycles. The lowest BCUT2D eigenvalue weighted by Gasteiger charge is -2.10. The van der Waals surface area contributed by atoms with Gasteiger partial charge in [0.1, 0.15) is 23.0 Å². The average Bonchev–Trinajstić information content (AvgIpc) is 3.46. The van der Waals surface area contributed by atoms with Gasteiger partial charge in [0.05, 0.1) is 12.1 Å². The number of carbonyl (C=O) groups is 2. The summed E-state index contributed by atoms with van der Waals surface area (Å²) in [5.41, 5.74) is 1.83. The average molecular weight is 498 g/mol. The Balaban J connectivity index is 1.39. The Morgan fingerprint density at radius 2 is 1.88 bits per heavy atom. The Morgan fingerprint density at radius 3 is 2.59 bits per heavy atom. The van der Waals surface area contributed by atoms with Crippen LogP contribution in [0.25, 0.3) is 10.1 Å². The minimum atomic E-state index is -0.492. The van der Waals surface area contributed by atoms with Crippen LogP contribution < -0.4 is 10.1 Å². The van der Waals surface area contributed by atoms with Gasteiger partial charge in [-0.25, -0.2) is 4.79 Å². The number of amides is 1. The zero-order valence-corrected chi connectivity index (χ0v) is 20.6. The Labute approximate surface area is 206 Å². The van der Waals surface area contributed by atoms with Crippen molar-refractivity contribution in [1.29, 1.82) is 0 Å². The van der Waals surface area contributed by atoms with Crippen molar-refractivity contribution >= 4 is 50.6 Å². The SMILES string of the molecule is CCC(C)c1ccc(OCc2ccc(C(=O)Nc3ccc4c(Cl)c(C(=O)OC)sc4c3)o2)cc1. The molecular formula is C26H24ClNO5S. The number of rotatable bonds is 8. The summed E-state index contributed by atoms with van der Waals surface area (Å²) < 4.78 is 17.0. The van der Waals surface area contributed by atoms with Crippen molar-refractivity contribution in [2.24, 2.45) is 0 Å². The highest BCUT2D eigenvalue weighted by Gasteiger charge is 2.19. The Morgan fingerprint density at radius 1 is 1.12 bits per heavy atom. The van der Waals surface area contributed by atoms with E-state index in [1.165, 1.54) is 24.0 Å². The molecule has 1 amide bonds. The molecule has 0 saturated heterocycles. The van der Waals surface area contributed by atoms with Crippen LogP contribution in [0.4, 0.5) is 5.69 Å². The van der Waals surface area contributed by atoms with Crippen LogP contribution in [0, 0.1) is 0 Å². The molecule has 176 valence electrons. The Kier molecular flexibility index (Phi) is 7.24. The van der Waals surface area contributed by atoms with Crippen LogP contribution in [0.5, 0.6) is 5.75 Å². The summed E-state index contributed by atoms with van der Waals surface area (Å²) >= 11 is 7.49. The molecule has 2 heterocycles. The first kappa shape index (κ1) is 23.9. The maximum absolute atomic E-state index is 12.7. The van der Waals surface area contributed by atoms with E-state index in [0.717, 1.165) is 22.3 Å². The highest BCUT2D eigenvalue weighted by Crippen LogP contribution is 2.37. The van der Waals surface area contributed by atoms with Gasteiger partial charge < -0.3 is 19.2 Å². The van der Waals surface area contributed by atoms with Gasteiger partial charge in [0.2, 0.25) is 0 Å². The van der Waals surface area contributed by atoms with Crippen molar-refractivity contribution in [2.45, 2.75) is 32.8 Å². The molecule has 0 spiro atoms. The second-order valence-electron chi connectivity index (χ2n) is 7.83. The fraction of sp³-hybridized carbons (Fsp3) is 0.231. The maximum Gasteiger partial charge on any atom is 0.349 e. The molecule has 1 N–H and O–H groups in total. The number of hydrogen-bond acceptors (Lipinski definition) is 6. The molecule has 6 nitrogen and oxygen atoms in total. The molecule has 0 aliphatic heterocycles. The monoisotopic (exact) mass is 497 g/mol. The molecule has 0 radical (unpaired) electrons. The van der Waals surface area contributed by atoms with E-state index in [9.17, 15) is 9.59 Å². The summed E-state index contributed by atoms with van der Waals surface area (Å²) in [5, 5.41) is 3.87. The van der Waals surface area contributed by atoms with E-state index in [2.05, 4.69) is 31.3 Å². The topological polar surface area (TPSA) is 77.8 Å². The molecule has 4 aromatic rings. The maximum atomic E-state index is 12.7. The third kappa shape index (κ3) is 5.11. The highest BCUT2D eigenvalue weighted by molar-refractivity contribution is 7.21. The predicted octanol–water partition coefficient (Wildman–Crippen LogP) is 7.28. The summed E-state index contributed by atoms with van der Waals surface area (Å²) in [6.45, 7) is 4.57. The molecule has 1 unspecified atom stereocenters. The van der Waals surface area contributed by atoms with Crippen LogP contribution in [0.3, 0.4) is 0 Å². The number of methoxy groups -OCH3 is 1. The Hall–Kier alpha value is -3.29. The summed E-state index contributed by atoms with van der Waals surface area (Å²) in [4.78, 5) is 24.8. The van der Waals surface area contributed by atoms with Gasteiger partial charge in [-0.05, 0) is 60.4 Å². The molecule has 34 heavy (non-hydrogen) atoms. The normalized spacial score (nSPS) is 11.9. The molecule has 8 heteroatoms. The van der Waals surface area contributed by atoms with Gasteiger partial charge >= 0.3 is 5.97 Å². The van der Waals surface area contributed by atoms with Crippen molar-refractivity contribution in [3.8, 4) is 5.75 Å². The van der Waals surface area contributed by atoms with Gasteiger partial charge in [-0.15, -0.1) is 11.3 Å². The number of halogens is 1. The summed E-state index contributed by atoms with van der Waals surface area (Å²) in [7, 11) is 1.31. The second kappa shape index (κ2) is 10.3. The number of fused-ring (bicyclic) bond motifs is 1.